The van der Waals surface area contributed by atoms with Gasteiger partial charge in [0.1, 0.15) is 10.9 Å². The molecule has 2 aromatic rings. The number of halogens is 1. The summed E-state index contributed by atoms with van der Waals surface area (Å²) < 4.78 is 6.13. The molecule has 1 heterocycles. The van der Waals surface area contributed by atoms with Crippen LogP contribution in [0.25, 0.3) is 5.69 Å². The number of aromatic amines is 1. The molecule has 0 fully saturated rings. The molecule has 0 aliphatic carbocycles. The number of hydrogen-bond acceptors (Lipinski definition) is 3. The molecule has 0 unspecified atom stereocenters. The van der Waals surface area contributed by atoms with Gasteiger partial charge in [0.15, 0.2) is 0 Å². The van der Waals surface area contributed by atoms with Crippen LogP contribution in [0.15, 0.2) is 33.9 Å². The quantitative estimate of drug-likeness (QED) is 0.838. The van der Waals surface area contributed by atoms with E-state index in [1.165, 1.54) is 0 Å². The molecule has 0 atom stereocenters. The number of nitrogens with one attached hydrogen (secondary N) is 1. The lowest BCUT2D eigenvalue weighted by molar-refractivity contribution is 0.411. The molecule has 0 spiro atoms. The Morgan fingerprint density at radius 2 is 2.00 bits per heavy atom. The highest BCUT2D eigenvalue weighted by atomic mass is 35.5. The molecule has 94 valence electrons. The summed E-state index contributed by atoms with van der Waals surface area (Å²) in [4.78, 5) is 25.8. The second-order valence-electron chi connectivity index (χ2n) is 3.75. The Hall–Kier alpha value is -2.01. The van der Waals surface area contributed by atoms with E-state index in [1.807, 2.05) is 6.92 Å². The summed E-state index contributed by atoms with van der Waals surface area (Å²) in [6.45, 7) is 1.83. The minimum Gasteiger partial charge on any atom is -0.496 e. The molecule has 0 saturated carbocycles. The fourth-order valence-corrected chi connectivity index (χ4v) is 1.89. The van der Waals surface area contributed by atoms with E-state index in [0.717, 1.165) is 16.2 Å². The van der Waals surface area contributed by atoms with Crippen molar-refractivity contribution < 1.29 is 4.74 Å². The van der Waals surface area contributed by atoms with Crippen molar-refractivity contribution in [1.82, 2.24) is 9.55 Å². The van der Waals surface area contributed by atoms with Gasteiger partial charge in [0.2, 0.25) is 0 Å². The molecule has 0 aliphatic rings. The van der Waals surface area contributed by atoms with E-state index >= 15 is 0 Å². The SMILES string of the molecule is COc1ccc(-n2c(=O)cc(Cl)[nH]c2=O)cc1C. The van der Waals surface area contributed by atoms with Crippen molar-refractivity contribution in [3.05, 3.63) is 55.8 Å². The van der Waals surface area contributed by atoms with Crippen molar-refractivity contribution in [2.45, 2.75) is 6.92 Å². The number of benzene rings is 1. The zero-order chi connectivity index (χ0) is 13.3. The first kappa shape index (κ1) is 12.4. The summed E-state index contributed by atoms with van der Waals surface area (Å²) in [7, 11) is 1.56. The topological polar surface area (TPSA) is 64.1 Å². The number of H-pyrrole nitrogens is 1. The summed E-state index contributed by atoms with van der Waals surface area (Å²) >= 11 is 5.60. The molecule has 5 nitrogen and oxygen atoms in total. The normalized spacial score (nSPS) is 10.4. The smallest absolute Gasteiger partial charge is 0.334 e. The highest BCUT2D eigenvalue weighted by Crippen LogP contribution is 2.19. The van der Waals surface area contributed by atoms with Crippen LogP contribution in [0.5, 0.6) is 5.75 Å². The van der Waals surface area contributed by atoms with Gasteiger partial charge in [-0.2, -0.15) is 0 Å². The number of nitrogens with zero attached hydrogens (tertiary/aromatic N) is 1. The molecule has 0 radical (unpaired) electrons. The van der Waals surface area contributed by atoms with E-state index < -0.39 is 11.2 Å². The first-order valence-electron chi connectivity index (χ1n) is 5.20. The third-order valence-electron chi connectivity index (χ3n) is 2.54. The molecule has 0 saturated heterocycles. The standard InChI is InChI=1S/C12H11ClN2O3/c1-7-5-8(3-4-9(7)18-2)15-11(16)6-10(13)14-12(15)17/h3-6H,1-2H3,(H,14,17). The van der Waals surface area contributed by atoms with Gasteiger partial charge in [-0.1, -0.05) is 11.6 Å². The maximum atomic E-state index is 11.8. The van der Waals surface area contributed by atoms with Crippen molar-refractivity contribution in [1.29, 1.82) is 0 Å². The molecule has 1 aromatic heterocycles. The highest BCUT2D eigenvalue weighted by molar-refractivity contribution is 6.29. The largest absolute Gasteiger partial charge is 0.496 e. The Morgan fingerprint density at radius 1 is 1.28 bits per heavy atom. The molecule has 0 aliphatic heterocycles. The zero-order valence-corrected chi connectivity index (χ0v) is 10.6. The van der Waals surface area contributed by atoms with Gasteiger partial charge in [-0.05, 0) is 30.7 Å². The Labute approximate surface area is 108 Å². The van der Waals surface area contributed by atoms with Gasteiger partial charge < -0.3 is 4.74 Å². The van der Waals surface area contributed by atoms with Crippen LogP contribution in [0, 0.1) is 6.92 Å². The van der Waals surface area contributed by atoms with Gasteiger partial charge >= 0.3 is 5.69 Å². The van der Waals surface area contributed by atoms with E-state index in [0.29, 0.717) is 11.4 Å². The first-order chi connectivity index (χ1) is 8.52. The Bertz CT molecular complexity index is 672. The molecule has 2 rings (SSSR count). The highest BCUT2D eigenvalue weighted by Gasteiger charge is 2.07. The third kappa shape index (κ3) is 2.17. The van der Waals surface area contributed by atoms with E-state index in [2.05, 4.69) is 4.98 Å². The number of hydrogen-bond donors (Lipinski definition) is 1. The zero-order valence-electron chi connectivity index (χ0n) is 9.86. The molecule has 6 heteroatoms. The summed E-state index contributed by atoms with van der Waals surface area (Å²) in [5.41, 5.74) is 0.248. The van der Waals surface area contributed by atoms with Gasteiger partial charge in [-0.25, -0.2) is 9.36 Å². The number of methoxy groups -OCH3 is 1. The minimum atomic E-state index is -0.572. The molecule has 1 N–H and O–H groups in total. The van der Waals surface area contributed by atoms with E-state index in [4.69, 9.17) is 16.3 Å². The third-order valence-corrected chi connectivity index (χ3v) is 2.74. The average Bonchev–Trinajstić information content (AvgIpc) is 2.27. The van der Waals surface area contributed by atoms with Crippen molar-refractivity contribution in [2.75, 3.05) is 7.11 Å². The van der Waals surface area contributed by atoms with Crippen LogP contribution in [-0.2, 0) is 0 Å². The predicted octanol–water partition coefficient (Wildman–Crippen LogP) is 1.50. The fraction of sp³-hybridized carbons (Fsp3) is 0.167. The van der Waals surface area contributed by atoms with Crippen molar-refractivity contribution in [3.63, 3.8) is 0 Å². The Kier molecular flexibility index (Phi) is 3.25. The van der Waals surface area contributed by atoms with Crippen LogP contribution < -0.4 is 16.0 Å². The summed E-state index contributed by atoms with van der Waals surface area (Å²) in [6.07, 6.45) is 0. The maximum absolute atomic E-state index is 11.8. The van der Waals surface area contributed by atoms with Gasteiger partial charge in [-0.15, -0.1) is 0 Å². The minimum absolute atomic E-state index is 0.0199. The summed E-state index contributed by atoms with van der Waals surface area (Å²) in [5, 5.41) is 0.0199. The van der Waals surface area contributed by atoms with Crippen molar-refractivity contribution in [3.8, 4) is 11.4 Å². The van der Waals surface area contributed by atoms with E-state index in [9.17, 15) is 9.59 Å². The number of aromatic nitrogens is 2. The Balaban J connectivity index is 2.67. The summed E-state index contributed by atoms with van der Waals surface area (Å²) in [5.74, 6) is 0.692. The Morgan fingerprint density at radius 3 is 2.56 bits per heavy atom. The van der Waals surface area contributed by atoms with Crippen LogP contribution in [0.2, 0.25) is 5.15 Å². The van der Waals surface area contributed by atoms with Gasteiger partial charge in [0, 0.05) is 6.07 Å². The van der Waals surface area contributed by atoms with Crippen LogP contribution in [-0.4, -0.2) is 16.7 Å². The predicted molar refractivity (Wildman–Crippen MR) is 69.0 cm³/mol. The van der Waals surface area contributed by atoms with Crippen LogP contribution in [0.1, 0.15) is 5.56 Å². The van der Waals surface area contributed by atoms with E-state index in [-0.39, 0.29) is 5.15 Å². The average molecular weight is 267 g/mol. The fourth-order valence-electron chi connectivity index (χ4n) is 1.71. The lowest BCUT2D eigenvalue weighted by Crippen LogP contribution is -2.32. The molecule has 0 amide bonds. The summed E-state index contributed by atoms with van der Waals surface area (Å²) in [6, 6.07) is 6.19. The number of aryl methyl sites for hydroxylation is 1. The second-order valence-corrected chi connectivity index (χ2v) is 4.16. The van der Waals surface area contributed by atoms with Gasteiger partial charge in [0.25, 0.3) is 5.56 Å². The molecular weight excluding hydrogens is 256 g/mol. The maximum Gasteiger partial charge on any atom is 0.334 e. The number of ether oxygens (including phenoxy) is 1. The molecule has 0 bridgehead atoms. The lowest BCUT2D eigenvalue weighted by atomic mass is 10.2. The molecule has 1 aromatic carbocycles. The van der Waals surface area contributed by atoms with Crippen molar-refractivity contribution in [2.24, 2.45) is 0 Å². The first-order valence-corrected chi connectivity index (χ1v) is 5.57. The number of rotatable bonds is 2. The van der Waals surface area contributed by atoms with Crippen LogP contribution in [0.3, 0.4) is 0 Å². The monoisotopic (exact) mass is 266 g/mol. The molecule has 18 heavy (non-hydrogen) atoms. The van der Waals surface area contributed by atoms with Crippen LogP contribution >= 0.6 is 11.6 Å². The van der Waals surface area contributed by atoms with E-state index in [1.54, 1.807) is 25.3 Å². The molecular formula is C12H11ClN2O3. The van der Waals surface area contributed by atoms with Gasteiger partial charge in [-0.3, -0.25) is 9.78 Å². The lowest BCUT2D eigenvalue weighted by Gasteiger charge is -2.08. The van der Waals surface area contributed by atoms with Crippen LogP contribution in [0.4, 0.5) is 0 Å². The second kappa shape index (κ2) is 4.70. The van der Waals surface area contributed by atoms with Crippen molar-refractivity contribution >= 4 is 11.6 Å². The van der Waals surface area contributed by atoms with Gasteiger partial charge in [0.05, 0.1) is 12.8 Å².